The molecule has 2 aliphatic carbocycles. The molecule has 0 saturated heterocycles. The number of amides is 1. The van der Waals surface area contributed by atoms with Gasteiger partial charge < -0.3 is 10.4 Å². The molecule has 0 unspecified atom stereocenters. The number of rotatable bonds is 3. The Labute approximate surface area is 120 Å². The molecule has 20 heavy (non-hydrogen) atoms. The molecule has 0 radical (unpaired) electrons. The van der Waals surface area contributed by atoms with Crippen LogP contribution in [0.4, 0.5) is 5.13 Å². The average Bonchev–Trinajstić information content (AvgIpc) is 3.04. The molecule has 1 amide bonds. The number of aliphatic carboxylic acids is 1. The van der Waals surface area contributed by atoms with Crippen LogP contribution in [0.25, 0.3) is 0 Å². The molecule has 1 fully saturated rings. The summed E-state index contributed by atoms with van der Waals surface area (Å²) in [4.78, 5) is 29.1. The number of fused-ring (bicyclic) bond motifs is 2. The Morgan fingerprint density at radius 2 is 1.95 bits per heavy atom. The number of hydrogen-bond donors (Lipinski definition) is 2. The van der Waals surface area contributed by atoms with Gasteiger partial charge in [-0.1, -0.05) is 12.2 Å². The van der Waals surface area contributed by atoms with Gasteiger partial charge in [0.25, 0.3) is 0 Å². The zero-order valence-corrected chi connectivity index (χ0v) is 12.1. The molecule has 0 aromatic carbocycles. The SMILES string of the molecule is Cc1nc(NC(=O)[C@@H]2[C@@H](C(=O)O)[C@H]3C=C[C@H]2C3)sc1C. The molecule has 2 aliphatic rings. The number of anilines is 1. The van der Waals surface area contributed by atoms with E-state index in [1.165, 1.54) is 11.3 Å². The first-order valence-corrected chi connectivity index (χ1v) is 7.45. The van der Waals surface area contributed by atoms with Crippen molar-refractivity contribution in [3.8, 4) is 0 Å². The topological polar surface area (TPSA) is 79.3 Å². The summed E-state index contributed by atoms with van der Waals surface area (Å²) >= 11 is 1.42. The second-order valence-corrected chi connectivity index (χ2v) is 6.69. The van der Waals surface area contributed by atoms with E-state index in [0.29, 0.717) is 5.13 Å². The van der Waals surface area contributed by atoms with Crippen LogP contribution in [0.1, 0.15) is 17.0 Å². The van der Waals surface area contributed by atoms with Gasteiger partial charge in [-0.15, -0.1) is 11.3 Å². The number of carbonyl (C=O) groups is 2. The van der Waals surface area contributed by atoms with Gasteiger partial charge in [0.05, 0.1) is 17.5 Å². The molecule has 1 saturated carbocycles. The maximum absolute atomic E-state index is 12.4. The summed E-state index contributed by atoms with van der Waals surface area (Å²) in [6, 6.07) is 0. The first-order chi connectivity index (χ1) is 9.47. The minimum atomic E-state index is -0.881. The number of thiazole rings is 1. The number of allylic oxidation sites excluding steroid dienone is 2. The lowest BCUT2D eigenvalue weighted by atomic mass is 9.82. The van der Waals surface area contributed by atoms with Gasteiger partial charge in [-0.25, -0.2) is 4.98 Å². The predicted molar refractivity (Wildman–Crippen MR) is 75.6 cm³/mol. The Hall–Kier alpha value is -1.69. The van der Waals surface area contributed by atoms with Crippen LogP contribution in [0.15, 0.2) is 12.2 Å². The van der Waals surface area contributed by atoms with Gasteiger partial charge in [0.15, 0.2) is 5.13 Å². The molecule has 1 heterocycles. The highest BCUT2D eigenvalue weighted by Crippen LogP contribution is 2.48. The number of aromatic nitrogens is 1. The minimum absolute atomic E-state index is 0.00647. The third-order valence-corrected chi connectivity index (χ3v) is 5.29. The van der Waals surface area contributed by atoms with Crippen molar-refractivity contribution in [3.63, 3.8) is 0 Å². The summed E-state index contributed by atoms with van der Waals surface area (Å²) < 4.78 is 0. The molecule has 3 rings (SSSR count). The molecular weight excluding hydrogens is 276 g/mol. The normalized spacial score (nSPS) is 30.7. The highest BCUT2D eigenvalue weighted by atomic mass is 32.1. The first kappa shape index (κ1) is 13.3. The Kier molecular flexibility index (Phi) is 3.12. The Bertz CT molecular complexity index is 588. The summed E-state index contributed by atoms with van der Waals surface area (Å²) in [5.74, 6) is -2.15. The Morgan fingerprint density at radius 3 is 2.50 bits per heavy atom. The standard InChI is InChI=1S/C14H16N2O3S/c1-6-7(2)20-14(15-6)16-12(17)10-8-3-4-9(5-8)11(10)13(18)19/h3-4,8-11H,5H2,1-2H3,(H,18,19)(H,15,16,17)/t8-,9-,10-,11-/m0/s1. The zero-order valence-electron chi connectivity index (χ0n) is 11.3. The molecule has 0 aliphatic heterocycles. The van der Waals surface area contributed by atoms with Gasteiger partial charge in [0, 0.05) is 4.88 Å². The fraction of sp³-hybridized carbons (Fsp3) is 0.500. The second-order valence-electron chi connectivity index (χ2n) is 5.49. The largest absolute Gasteiger partial charge is 0.481 e. The van der Waals surface area contributed by atoms with E-state index in [4.69, 9.17) is 0 Å². The van der Waals surface area contributed by atoms with Gasteiger partial charge in [-0.3, -0.25) is 9.59 Å². The van der Waals surface area contributed by atoms with Gasteiger partial charge in [0.2, 0.25) is 5.91 Å². The fourth-order valence-electron chi connectivity index (χ4n) is 3.23. The lowest BCUT2D eigenvalue weighted by molar-refractivity contribution is -0.146. The molecule has 1 aromatic heterocycles. The van der Waals surface area contributed by atoms with Crippen LogP contribution in [0, 0.1) is 37.5 Å². The Morgan fingerprint density at radius 1 is 1.30 bits per heavy atom. The number of nitrogens with one attached hydrogen (secondary N) is 1. The molecule has 6 heteroatoms. The van der Waals surface area contributed by atoms with Crippen LogP contribution in [0.5, 0.6) is 0 Å². The molecule has 1 aromatic rings. The summed E-state index contributed by atoms with van der Waals surface area (Å²) in [5.41, 5.74) is 0.896. The van der Waals surface area contributed by atoms with Gasteiger partial charge in [-0.05, 0) is 32.1 Å². The van der Waals surface area contributed by atoms with Crippen LogP contribution in [-0.4, -0.2) is 22.0 Å². The van der Waals surface area contributed by atoms with E-state index in [2.05, 4.69) is 10.3 Å². The third-order valence-electron chi connectivity index (χ3n) is 4.31. The number of carboxylic acids is 1. The summed E-state index contributed by atoms with van der Waals surface area (Å²) in [7, 11) is 0. The van der Waals surface area contributed by atoms with Crippen molar-refractivity contribution < 1.29 is 14.7 Å². The zero-order chi connectivity index (χ0) is 14.4. The van der Waals surface area contributed by atoms with Gasteiger partial charge in [0.1, 0.15) is 0 Å². The molecule has 106 valence electrons. The van der Waals surface area contributed by atoms with Crippen molar-refractivity contribution in [2.75, 3.05) is 5.32 Å². The van der Waals surface area contributed by atoms with Crippen LogP contribution in [0.3, 0.4) is 0 Å². The van der Waals surface area contributed by atoms with E-state index in [1.54, 1.807) is 0 Å². The lowest BCUT2D eigenvalue weighted by Crippen LogP contribution is -2.36. The quantitative estimate of drug-likeness (QED) is 0.837. The molecule has 0 spiro atoms. The van der Waals surface area contributed by atoms with E-state index in [9.17, 15) is 14.7 Å². The Balaban J connectivity index is 1.79. The molecule has 2 bridgehead atoms. The van der Waals surface area contributed by atoms with Crippen molar-refractivity contribution in [2.45, 2.75) is 20.3 Å². The summed E-state index contributed by atoms with van der Waals surface area (Å²) in [5, 5.41) is 12.7. The van der Waals surface area contributed by atoms with Crippen molar-refractivity contribution in [3.05, 3.63) is 22.7 Å². The predicted octanol–water partition coefficient (Wildman–Crippen LogP) is 2.22. The van der Waals surface area contributed by atoms with Gasteiger partial charge >= 0.3 is 5.97 Å². The number of carboxylic acid groups (broad SMARTS) is 1. The monoisotopic (exact) mass is 292 g/mol. The molecular formula is C14H16N2O3S. The number of carbonyl (C=O) groups excluding carboxylic acids is 1. The van der Waals surface area contributed by atoms with Crippen LogP contribution in [-0.2, 0) is 9.59 Å². The van der Waals surface area contributed by atoms with E-state index in [-0.39, 0.29) is 17.7 Å². The highest BCUT2D eigenvalue weighted by molar-refractivity contribution is 7.15. The van der Waals surface area contributed by atoms with Crippen LogP contribution >= 0.6 is 11.3 Å². The van der Waals surface area contributed by atoms with Gasteiger partial charge in [-0.2, -0.15) is 0 Å². The number of aryl methyl sites for hydroxylation is 2. The first-order valence-electron chi connectivity index (χ1n) is 6.63. The van der Waals surface area contributed by atoms with Crippen LogP contribution < -0.4 is 5.32 Å². The van der Waals surface area contributed by atoms with Crippen molar-refractivity contribution >= 4 is 28.3 Å². The fourth-order valence-corrected chi connectivity index (χ4v) is 4.05. The van der Waals surface area contributed by atoms with E-state index >= 15 is 0 Å². The summed E-state index contributed by atoms with van der Waals surface area (Å²) in [6.45, 7) is 3.84. The minimum Gasteiger partial charge on any atom is -0.481 e. The summed E-state index contributed by atoms with van der Waals surface area (Å²) in [6.07, 6.45) is 4.68. The maximum atomic E-state index is 12.4. The lowest BCUT2D eigenvalue weighted by Gasteiger charge is -2.23. The van der Waals surface area contributed by atoms with Crippen molar-refractivity contribution in [2.24, 2.45) is 23.7 Å². The second kappa shape index (κ2) is 4.70. The highest BCUT2D eigenvalue weighted by Gasteiger charge is 2.51. The van der Waals surface area contributed by atoms with E-state index < -0.39 is 17.8 Å². The van der Waals surface area contributed by atoms with Crippen molar-refractivity contribution in [1.29, 1.82) is 0 Å². The number of nitrogens with zero attached hydrogens (tertiary/aromatic N) is 1. The van der Waals surface area contributed by atoms with Crippen LogP contribution in [0.2, 0.25) is 0 Å². The third kappa shape index (κ3) is 2.04. The molecule has 5 nitrogen and oxygen atoms in total. The van der Waals surface area contributed by atoms with Crippen molar-refractivity contribution in [1.82, 2.24) is 4.98 Å². The van der Waals surface area contributed by atoms with E-state index in [0.717, 1.165) is 17.0 Å². The number of hydrogen-bond acceptors (Lipinski definition) is 4. The van der Waals surface area contributed by atoms with E-state index in [1.807, 2.05) is 26.0 Å². The molecule has 4 atom stereocenters. The molecule has 2 N–H and O–H groups in total. The maximum Gasteiger partial charge on any atom is 0.307 e. The smallest absolute Gasteiger partial charge is 0.307 e. The average molecular weight is 292 g/mol.